The summed E-state index contributed by atoms with van der Waals surface area (Å²) in [6, 6.07) is 27.8. The summed E-state index contributed by atoms with van der Waals surface area (Å²) in [4.78, 5) is 13.2. The predicted octanol–water partition coefficient (Wildman–Crippen LogP) is 6.80. The standard InChI is InChI=1S/C25H18N4OS/c1-2-7-21(8-3-1)30-22-11-9-18(10-12-22)19-5-4-6-20(17-19)28-25-27-14-13-23(29-25)24-26-15-16-31-24/h1-17H,(H,27,28,29). The van der Waals surface area contributed by atoms with Crippen LogP contribution < -0.4 is 10.1 Å². The summed E-state index contributed by atoms with van der Waals surface area (Å²) in [6.07, 6.45) is 3.51. The Kier molecular flexibility index (Phi) is 5.36. The number of benzene rings is 3. The first-order valence-electron chi connectivity index (χ1n) is 9.77. The third-order valence-corrected chi connectivity index (χ3v) is 5.39. The summed E-state index contributed by atoms with van der Waals surface area (Å²) in [5.41, 5.74) is 3.91. The molecule has 5 rings (SSSR count). The Hall–Kier alpha value is -4.03. The van der Waals surface area contributed by atoms with Crippen LogP contribution in [0.4, 0.5) is 11.6 Å². The zero-order chi connectivity index (χ0) is 20.9. The summed E-state index contributed by atoms with van der Waals surface area (Å²) in [7, 11) is 0. The molecule has 0 amide bonds. The minimum absolute atomic E-state index is 0.538. The van der Waals surface area contributed by atoms with Crippen LogP contribution in [-0.4, -0.2) is 15.0 Å². The monoisotopic (exact) mass is 422 g/mol. The highest BCUT2D eigenvalue weighted by molar-refractivity contribution is 7.13. The van der Waals surface area contributed by atoms with Crippen LogP contribution in [0, 0.1) is 0 Å². The highest BCUT2D eigenvalue weighted by Crippen LogP contribution is 2.28. The van der Waals surface area contributed by atoms with Crippen molar-refractivity contribution in [3.63, 3.8) is 0 Å². The number of nitrogens with one attached hydrogen (secondary N) is 1. The van der Waals surface area contributed by atoms with Crippen LogP contribution in [0.5, 0.6) is 11.5 Å². The van der Waals surface area contributed by atoms with E-state index in [-0.39, 0.29) is 0 Å². The summed E-state index contributed by atoms with van der Waals surface area (Å²) < 4.78 is 5.88. The van der Waals surface area contributed by atoms with Gasteiger partial charge in [0.1, 0.15) is 22.2 Å². The van der Waals surface area contributed by atoms with E-state index in [1.165, 1.54) is 0 Å². The van der Waals surface area contributed by atoms with Crippen molar-refractivity contribution in [1.29, 1.82) is 0 Å². The van der Waals surface area contributed by atoms with Gasteiger partial charge in [0, 0.05) is 23.5 Å². The number of aromatic nitrogens is 3. The second kappa shape index (κ2) is 8.77. The second-order valence-electron chi connectivity index (χ2n) is 6.75. The number of nitrogens with zero attached hydrogens (tertiary/aromatic N) is 3. The molecule has 0 saturated carbocycles. The molecule has 6 heteroatoms. The van der Waals surface area contributed by atoms with Crippen molar-refractivity contribution >= 4 is 23.0 Å². The molecule has 0 fully saturated rings. The Morgan fingerprint density at radius 2 is 1.55 bits per heavy atom. The SMILES string of the molecule is c1ccc(Oc2ccc(-c3cccc(Nc4nccc(-c5nccs5)n4)c3)cc2)cc1. The second-order valence-corrected chi connectivity index (χ2v) is 7.64. The molecule has 0 radical (unpaired) electrons. The third kappa shape index (κ3) is 4.60. The van der Waals surface area contributed by atoms with Gasteiger partial charge in [-0.25, -0.2) is 15.0 Å². The topological polar surface area (TPSA) is 59.9 Å². The summed E-state index contributed by atoms with van der Waals surface area (Å²) in [6.45, 7) is 0. The van der Waals surface area contributed by atoms with E-state index in [9.17, 15) is 0 Å². The first kappa shape index (κ1) is 19.0. The minimum Gasteiger partial charge on any atom is -0.457 e. The van der Waals surface area contributed by atoms with Crippen molar-refractivity contribution in [2.24, 2.45) is 0 Å². The predicted molar refractivity (Wildman–Crippen MR) is 125 cm³/mol. The number of ether oxygens (including phenoxy) is 1. The Morgan fingerprint density at radius 1 is 0.710 bits per heavy atom. The molecule has 0 bridgehead atoms. The molecule has 0 aliphatic carbocycles. The Balaban J connectivity index is 1.33. The molecule has 0 saturated heterocycles. The summed E-state index contributed by atoms with van der Waals surface area (Å²) >= 11 is 1.55. The lowest BCUT2D eigenvalue weighted by molar-refractivity contribution is 0.483. The number of thiazole rings is 1. The molecule has 0 aliphatic rings. The molecular weight excluding hydrogens is 404 g/mol. The first-order valence-corrected chi connectivity index (χ1v) is 10.6. The quantitative estimate of drug-likeness (QED) is 0.326. The van der Waals surface area contributed by atoms with Gasteiger partial charge in [-0.3, -0.25) is 0 Å². The number of anilines is 2. The number of para-hydroxylation sites is 1. The minimum atomic E-state index is 0.538. The van der Waals surface area contributed by atoms with E-state index in [4.69, 9.17) is 4.74 Å². The van der Waals surface area contributed by atoms with Crippen LogP contribution in [0.1, 0.15) is 0 Å². The Labute approximate surface area is 184 Å². The Morgan fingerprint density at radius 3 is 2.35 bits per heavy atom. The van der Waals surface area contributed by atoms with Crippen molar-refractivity contribution in [2.45, 2.75) is 0 Å². The fourth-order valence-corrected chi connectivity index (χ4v) is 3.74. The van der Waals surface area contributed by atoms with Crippen LogP contribution >= 0.6 is 11.3 Å². The van der Waals surface area contributed by atoms with Crippen molar-refractivity contribution in [3.8, 4) is 33.3 Å². The van der Waals surface area contributed by atoms with Gasteiger partial charge in [0.05, 0.1) is 0 Å². The number of hydrogen-bond donors (Lipinski definition) is 1. The van der Waals surface area contributed by atoms with Gasteiger partial charge in [0.2, 0.25) is 5.95 Å². The zero-order valence-corrected chi connectivity index (χ0v) is 17.3. The maximum atomic E-state index is 5.88. The normalized spacial score (nSPS) is 10.6. The van der Waals surface area contributed by atoms with E-state index in [2.05, 4.69) is 44.5 Å². The van der Waals surface area contributed by atoms with E-state index in [1.807, 2.05) is 66.0 Å². The smallest absolute Gasteiger partial charge is 0.227 e. The van der Waals surface area contributed by atoms with E-state index in [0.29, 0.717) is 5.95 Å². The Bertz CT molecular complexity index is 1270. The van der Waals surface area contributed by atoms with Gasteiger partial charge >= 0.3 is 0 Å². The molecular formula is C25H18N4OS. The molecule has 3 aromatic carbocycles. The molecule has 5 nitrogen and oxygen atoms in total. The average molecular weight is 423 g/mol. The lowest BCUT2D eigenvalue weighted by atomic mass is 10.1. The van der Waals surface area contributed by atoms with Crippen molar-refractivity contribution in [1.82, 2.24) is 15.0 Å². The molecule has 5 aromatic rings. The van der Waals surface area contributed by atoms with Gasteiger partial charge in [-0.1, -0.05) is 42.5 Å². The van der Waals surface area contributed by atoms with Gasteiger partial charge in [-0.2, -0.15) is 0 Å². The largest absolute Gasteiger partial charge is 0.457 e. The maximum Gasteiger partial charge on any atom is 0.227 e. The lowest BCUT2D eigenvalue weighted by Crippen LogP contribution is -1.98. The molecule has 2 heterocycles. The fourth-order valence-electron chi connectivity index (χ4n) is 3.13. The van der Waals surface area contributed by atoms with Crippen LogP contribution in [-0.2, 0) is 0 Å². The lowest BCUT2D eigenvalue weighted by Gasteiger charge is -2.09. The molecule has 31 heavy (non-hydrogen) atoms. The first-order chi connectivity index (χ1) is 15.3. The molecule has 150 valence electrons. The molecule has 0 spiro atoms. The molecule has 0 aliphatic heterocycles. The van der Waals surface area contributed by atoms with E-state index in [0.717, 1.165) is 39.0 Å². The van der Waals surface area contributed by atoms with Gasteiger partial charge in [-0.15, -0.1) is 11.3 Å². The van der Waals surface area contributed by atoms with E-state index in [1.54, 1.807) is 23.7 Å². The van der Waals surface area contributed by atoms with Gasteiger partial charge in [-0.05, 0) is 53.6 Å². The van der Waals surface area contributed by atoms with Crippen LogP contribution in [0.25, 0.3) is 21.8 Å². The van der Waals surface area contributed by atoms with Gasteiger partial charge in [0.15, 0.2) is 0 Å². The van der Waals surface area contributed by atoms with Crippen molar-refractivity contribution in [3.05, 3.63) is 103 Å². The maximum absolute atomic E-state index is 5.88. The fraction of sp³-hybridized carbons (Fsp3) is 0. The third-order valence-electron chi connectivity index (χ3n) is 4.59. The van der Waals surface area contributed by atoms with Crippen molar-refractivity contribution < 1.29 is 4.74 Å². The van der Waals surface area contributed by atoms with Crippen LogP contribution in [0.3, 0.4) is 0 Å². The highest BCUT2D eigenvalue weighted by Gasteiger charge is 2.06. The van der Waals surface area contributed by atoms with E-state index >= 15 is 0 Å². The number of hydrogen-bond acceptors (Lipinski definition) is 6. The molecule has 0 unspecified atom stereocenters. The van der Waals surface area contributed by atoms with Crippen LogP contribution in [0.15, 0.2) is 103 Å². The van der Waals surface area contributed by atoms with E-state index < -0.39 is 0 Å². The zero-order valence-electron chi connectivity index (χ0n) is 16.5. The van der Waals surface area contributed by atoms with Gasteiger partial charge < -0.3 is 10.1 Å². The average Bonchev–Trinajstić information content (AvgIpc) is 3.36. The molecule has 1 N–H and O–H groups in total. The molecule has 0 atom stereocenters. The molecule has 2 aromatic heterocycles. The summed E-state index contributed by atoms with van der Waals surface area (Å²) in [5, 5.41) is 6.10. The van der Waals surface area contributed by atoms with Gasteiger partial charge in [0.25, 0.3) is 0 Å². The summed E-state index contributed by atoms with van der Waals surface area (Å²) in [5.74, 6) is 2.16. The number of rotatable bonds is 6. The van der Waals surface area contributed by atoms with Crippen molar-refractivity contribution in [2.75, 3.05) is 5.32 Å². The van der Waals surface area contributed by atoms with Crippen LogP contribution in [0.2, 0.25) is 0 Å². The highest BCUT2D eigenvalue weighted by atomic mass is 32.1.